The van der Waals surface area contributed by atoms with E-state index >= 15 is 0 Å². The van der Waals surface area contributed by atoms with Crippen molar-refractivity contribution in [1.82, 2.24) is 5.32 Å². The normalized spacial score (nSPS) is 56.8. The Morgan fingerprint density at radius 2 is 1.17 bits per heavy atom. The van der Waals surface area contributed by atoms with Crippen molar-refractivity contribution >= 4 is 107 Å². The van der Waals surface area contributed by atoms with Crippen LogP contribution in [0.25, 0.3) is 0 Å². The molecule has 0 aromatic carbocycles. The lowest BCUT2D eigenvalue weighted by atomic mass is 9.80. The van der Waals surface area contributed by atoms with E-state index in [2.05, 4.69) is 101 Å². The van der Waals surface area contributed by atoms with Crippen LogP contribution < -0.4 is 5.32 Å². The highest BCUT2D eigenvalue weighted by Crippen LogP contribution is 2.78. The quantitative estimate of drug-likeness (QED) is 0.328. The molecule has 0 radical (unpaired) electrons. The number of alkyl halides is 6. The van der Waals surface area contributed by atoms with E-state index in [9.17, 15) is 9.59 Å². The highest BCUT2D eigenvalue weighted by atomic mass is 79.9. The lowest BCUT2D eigenvalue weighted by Gasteiger charge is -2.37. The molecule has 0 aromatic rings. The van der Waals surface area contributed by atoms with Gasteiger partial charge < -0.3 is 0 Å². The highest BCUT2D eigenvalue weighted by molar-refractivity contribution is 9.27. The van der Waals surface area contributed by atoms with Crippen molar-refractivity contribution < 1.29 is 9.59 Å². The molecule has 1 N–H and O–H groups in total. The van der Waals surface area contributed by atoms with Gasteiger partial charge in [-0.3, -0.25) is 14.9 Å². The summed E-state index contributed by atoms with van der Waals surface area (Å²) in [4.78, 5) is 24.1. The molecule has 6 atom stereocenters. The van der Waals surface area contributed by atoms with Gasteiger partial charge in [0.2, 0.25) is 11.8 Å². The summed E-state index contributed by atoms with van der Waals surface area (Å²) in [6.45, 7) is 0. The maximum atomic E-state index is 12.1. The fourth-order valence-corrected chi connectivity index (χ4v) is 11.6. The molecule has 9 heteroatoms. The average Bonchev–Trinajstić information content (AvgIpc) is 2.68. The van der Waals surface area contributed by atoms with Crippen LogP contribution in [0.15, 0.2) is 0 Å². The van der Waals surface area contributed by atoms with Crippen LogP contribution in [-0.2, 0) is 9.59 Å². The number of nitrogens with one attached hydrogen (secondary N) is 1. The molecule has 2 amide bonds. The lowest BCUT2D eigenvalue weighted by Crippen LogP contribution is -2.50. The van der Waals surface area contributed by atoms with E-state index in [-0.39, 0.29) is 21.5 Å². The summed E-state index contributed by atoms with van der Waals surface area (Å²) in [5, 5.41) is 2.43. The van der Waals surface area contributed by atoms with Gasteiger partial charge in [0.25, 0.3) is 0 Å². The number of hydrogen-bond donors (Lipinski definition) is 1. The predicted molar refractivity (Wildman–Crippen MR) is 89.5 cm³/mol. The molecule has 2 aliphatic carbocycles. The summed E-state index contributed by atoms with van der Waals surface area (Å²) in [5.74, 6) is -1.31. The number of carbonyl (C=O) groups is 2. The standard InChI is InChI=1S/C9H5Br6NO2/c10-3-4(11)8(13)2-1(5(17)16-6(2)18)7(3,12)9(8,14)15/h1-4H,(H,16,17,18). The molecule has 2 saturated carbocycles. The molecule has 3 aliphatic rings. The number of hydrogen-bond acceptors (Lipinski definition) is 2. The first-order valence-electron chi connectivity index (χ1n) is 5.00. The fourth-order valence-electron chi connectivity index (χ4n) is 3.25. The van der Waals surface area contributed by atoms with E-state index in [0.29, 0.717) is 0 Å². The molecule has 0 aromatic heterocycles. The summed E-state index contributed by atoms with van der Waals surface area (Å²) in [6, 6.07) is 0. The van der Waals surface area contributed by atoms with Crippen LogP contribution in [0.1, 0.15) is 0 Å². The Morgan fingerprint density at radius 3 is 1.50 bits per heavy atom. The minimum absolute atomic E-state index is 0.0268. The Labute approximate surface area is 154 Å². The third-order valence-corrected chi connectivity index (χ3v) is 16.4. The molecule has 2 bridgehead atoms. The van der Waals surface area contributed by atoms with Gasteiger partial charge in [-0.2, -0.15) is 0 Å². The summed E-state index contributed by atoms with van der Waals surface area (Å²) in [6.07, 6.45) is 0. The monoisotopic (exact) mass is 633 g/mol. The molecule has 1 heterocycles. The summed E-state index contributed by atoms with van der Waals surface area (Å²) in [7, 11) is 0. The van der Waals surface area contributed by atoms with Crippen LogP contribution in [0.4, 0.5) is 0 Å². The Balaban J connectivity index is 2.30. The zero-order chi connectivity index (χ0) is 13.7. The molecule has 3 rings (SSSR count). The summed E-state index contributed by atoms with van der Waals surface area (Å²) < 4.78 is -1.85. The van der Waals surface area contributed by atoms with Crippen molar-refractivity contribution in [3.05, 3.63) is 0 Å². The molecule has 1 aliphatic heterocycles. The Hall–Kier alpha value is 2.02. The van der Waals surface area contributed by atoms with Crippen LogP contribution in [0, 0.1) is 11.8 Å². The number of imide groups is 1. The summed E-state index contributed by atoms with van der Waals surface area (Å²) in [5.41, 5.74) is 0. The zero-order valence-electron chi connectivity index (χ0n) is 8.39. The number of halogens is 6. The van der Waals surface area contributed by atoms with Gasteiger partial charge in [-0.05, 0) is 0 Å². The second-order valence-corrected chi connectivity index (χ2v) is 12.8. The van der Waals surface area contributed by atoms with Crippen LogP contribution >= 0.6 is 95.6 Å². The molecule has 100 valence electrons. The van der Waals surface area contributed by atoms with Gasteiger partial charge in [0.15, 0.2) is 0 Å². The average molecular weight is 639 g/mol. The molecular formula is C9H5Br6NO2. The Bertz CT molecular complexity index is 444. The van der Waals surface area contributed by atoms with Crippen molar-refractivity contribution in [2.45, 2.75) is 21.5 Å². The maximum absolute atomic E-state index is 12.1. The van der Waals surface area contributed by atoms with Gasteiger partial charge in [-0.1, -0.05) is 95.6 Å². The van der Waals surface area contributed by atoms with Crippen molar-refractivity contribution in [3.63, 3.8) is 0 Å². The second kappa shape index (κ2) is 4.06. The van der Waals surface area contributed by atoms with E-state index in [1.807, 2.05) is 0 Å². The third-order valence-electron chi connectivity index (χ3n) is 4.07. The molecule has 0 spiro atoms. The number of fused-ring (bicyclic) bond motifs is 5. The minimum atomic E-state index is -0.620. The molecule has 3 fully saturated rings. The van der Waals surface area contributed by atoms with Crippen molar-refractivity contribution in [2.75, 3.05) is 0 Å². The van der Waals surface area contributed by atoms with Crippen LogP contribution in [0.3, 0.4) is 0 Å². The predicted octanol–water partition coefficient (Wildman–Crippen LogP) is 3.18. The van der Waals surface area contributed by atoms with E-state index in [4.69, 9.17) is 0 Å². The van der Waals surface area contributed by atoms with E-state index in [1.54, 1.807) is 0 Å². The second-order valence-electron chi connectivity index (χ2n) is 4.72. The van der Waals surface area contributed by atoms with Crippen LogP contribution in [-0.4, -0.2) is 33.4 Å². The van der Waals surface area contributed by atoms with E-state index < -0.39 is 23.7 Å². The number of rotatable bonds is 0. The molecule has 1 saturated heterocycles. The van der Waals surface area contributed by atoms with Gasteiger partial charge in [0, 0.05) is 9.65 Å². The molecule has 18 heavy (non-hydrogen) atoms. The highest BCUT2D eigenvalue weighted by Gasteiger charge is 2.87. The SMILES string of the molecule is O=C1NC(=O)C2C1C1(Br)C(Br)C(Br)C2(Br)C1(Br)Br. The first-order valence-corrected chi connectivity index (χ1v) is 10.0. The van der Waals surface area contributed by atoms with Gasteiger partial charge in [-0.25, -0.2) is 0 Å². The number of carbonyl (C=O) groups excluding carboxylic acids is 2. The Kier molecular flexibility index (Phi) is 3.37. The van der Waals surface area contributed by atoms with Gasteiger partial charge >= 0.3 is 0 Å². The fraction of sp³-hybridized carbons (Fsp3) is 0.778. The van der Waals surface area contributed by atoms with Crippen molar-refractivity contribution in [3.8, 4) is 0 Å². The number of amides is 2. The van der Waals surface area contributed by atoms with Crippen LogP contribution in [0.2, 0.25) is 0 Å². The van der Waals surface area contributed by atoms with E-state index in [0.717, 1.165) is 0 Å². The topological polar surface area (TPSA) is 46.2 Å². The van der Waals surface area contributed by atoms with Gasteiger partial charge in [0.1, 0.15) is 3.23 Å². The van der Waals surface area contributed by atoms with E-state index in [1.165, 1.54) is 0 Å². The van der Waals surface area contributed by atoms with Gasteiger partial charge in [-0.15, -0.1) is 0 Å². The largest absolute Gasteiger partial charge is 0.296 e. The van der Waals surface area contributed by atoms with Crippen molar-refractivity contribution in [1.29, 1.82) is 0 Å². The molecule has 3 nitrogen and oxygen atoms in total. The minimum Gasteiger partial charge on any atom is -0.296 e. The maximum Gasteiger partial charge on any atom is 0.232 e. The Morgan fingerprint density at radius 1 is 0.833 bits per heavy atom. The summed E-state index contributed by atoms with van der Waals surface area (Å²) >= 11 is 22.0. The molecular weight excluding hydrogens is 634 g/mol. The van der Waals surface area contributed by atoms with Crippen LogP contribution in [0.5, 0.6) is 0 Å². The van der Waals surface area contributed by atoms with Crippen molar-refractivity contribution in [2.24, 2.45) is 11.8 Å². The smallest absolute Gasteiger partial charge is 0.232 e. The first-order chi connectivity index (χ1) is 8.11. The third kappa shape index (κ3) is 1.27. The lowest BCUT2D eigenvalue weighted by molar-refractivity contribution is -0.126. The first kappa shape index (κ1) is 14.9. The van der Waals surface area contributed by atoms with Gasteiger partial charge in [0.05, 0.1) is 20.5 Å². The molecule has 6 unspecified atom stereocenters. The zero-order valence-corrected chi connectivity index (χ0v) is 17.9.